The van der Waals surface area contributed by atoms with Gasteiger partial charge in [-0.25, -0.2) is 13.6 Å². The monoisotopic (exact) mass is 528 g/mol. The maximum Gasteiger partial charge on any atom is 0.417 e. The molecule has 6 nitrogen and oxygen atoms in total. The third-order valence-electron chi connectivity index (χ3n) is 7.11. The van der Waals surface area contributed by atoms with E-state index in [0.29, 0.717) is 37.1 Å². The number of rotatable bonds is 7. The van der Waals surface area contributed by atoms with Gasteiger partial charge in [0.25, 0.3) is 0 Å². The Hall–Kier alpha value is -2.99. The predicted octanol–water partition coefficient (Wildman–Crippen LogP) is 4.44. The van der Waals surface area contributed by atoms with Crippen LogP contribution in [0.1, 0.15) is 36.1 Å². The number of anilines is 1. The summed E-state index contributed by atoms with van der Waals surface area (Å²) in [6.07, 6.45) is -4.13. The molecule has 0 spiro atoms. The van der Waals surface area contributed by atoms with Crippen molar-refractivity contribution in [2.45, 2.75) is 44.1 Å². The van der Waals surface area contributed by atoms with Gasteiger partial charge in [-0.05, 0) is 50.1 Å². The number of H-pyrrole nitrogens is 1. The first kappa shape index (κ1) is 25.7. The van der Waals surface area contributed by atoms with Crippen LogP contribution in [0.15, 0.2) is 33.5 Å². The van der Waals surface area contributed by atoms with Crippen molar-refractivity contribution < 1.29 is 30.8 Å². The number of benzene rings is 2. The molecular weight excluding hydrogens is 502 g/mol. The lowest BCUT2D eigenvalue weighted by Crippen LogP contribution is -2.58. The highest BCUT2D eigenvalue weighted by Crippen LogP contribution is 2.44. The number of fused-ring (bicyclic) bond motifs is 3. The number of nitrogens with one attached hydrogen (secondary N) is 2. The van der Waals surface area contributed by atoms with E-state index < -0.39 is 54.4 Å². The van der Waals surface area contributed by atoms with Crippen LogP contribution in [0.3, 0.4) is 0 Å². The van der Waals surface area contributed by atoms with Gasteiger partial charge in [0.15, 0.2) is 5.58 Å². The molecule has 0 amide bonds. The average Bonchev–Trinajstić information content (AvgIpc) is 3.16. The number of hydrogen-bond acceptors (Lipinski definition) is 5. The first-order chi connectivity index (χ1) is 17.6. The highest BCUT2D eigenvalue weighted by molar-refractivity contribution is 5.78. The minimum atomic E-state index is -4.61. The van der Waals surface area contributed by atoms with Crippen LogP contribution in [0.5, 0.6) is 0 Å². The fourth-order valence-corrected chi connectivity index (χ4v) is 5.38. The van der Waals surface area contributed by atoms with Crippen molar-refractivity contribution in [3.63, 3.8) is 0 Å². The van der Waals surface area contributed by atoms with Crippen molar-refractivity contribution in [3.8, 4) is 0 Å². The molecule has 2 atom stereocenters. The SMILES string of the molecule is C[C@@H]1Cc2c(ccc3[nH]c(=O)oc23)[C@@H](c2c(F)cc(N3CC(NCCCF)C3)cc2F)N1CC(F)(F)F. The van der Waals surface area contributed by atoms with Crippen LogP contribution in [0.4, 0.5) is 32.0 Å². The molecule has 2 aliphatic rings. The molecule has 0 bridgehead atoms. The first-order valence-electron chi connectivity index (χ1n) is 12.1. The van der Waals surface area contributed by atoms with Crippen molar-refractivity contribution in [2.75, 3.05) is 37.8 Å². The van der Waals surface area contributed by atoms with E-state index in [2.05, 4.69) is 10.3 Å². The zero-order valence-electron chi connectivity index (χ0n) is 20.0. The van der Waals surface area contributed by atoms with Crippen molar-refractivity contribution in [1.82, 2.24) is 15.2 Å². The Morgan fingerprint density at radius 1 is 1.16 bits per heavy atom. The fraction of sp³-hybridized carbons (Fsp3) is 0.480. The summed E-state index contributed by atoms with van der Waals surface area (Å²) >= 11 is 0. The maximum atomic E-state index is 15.6. The number of nitrogens with zero attached hydrogens (tertiary/aromatic N) is 2. The van der Waals surface area contributed by atoms with Gasteiger partial charge in [0, 0.05) is 42.0 Å². The smallest absolute Gasteiger partial charge is 0.408 e. The molecule has 12 heteroatoms. The van der Waals surface area contributed by atoms with Crippen molar-refractivity contribution in [2.24, 2.45) is 0 Å². The number of aromatic nitrogens is 1. The molecule has 3 aromatic rings. The van der Waals surface area contributed by atoms with Crippen LogP contribution < -0.4 is 16.0 Å². The van der Waals surface area contributed by atoms with Crippen LogP contribution in [0.25, 0.3) is 11.1 Å². The van der Waals surface area contributed by atoms with E-state index in [0.717, 1.165) is 17.0 Å². The fourth-order valence-electron chi connectivity index (χ4n) is 5.38. The number of halogens is 6. The lowest BCUT2D eigenvalue weighted by Gasteiger charge is -2.43. The molecule has 37 heavy (non-hydrogen) atoms. The molecular formula is C25H26F6N4O2. The molecule has 0 saturated carbocycles. The third-order valence-corrected chi connectivity index (χ3v) is 7.11. The minimum absolute atomic E-state index is 0.0594. The molecule has 2 aromatic carbocycles. The van der Waals surface area contributed by atoms with E-state index in [1.807, 2.05) is 0 Å². The first-order valence-corrected chi connectivity index (χ1v) is 12.1. The molecule has 200 valence electrons. The number of aromatic amines is 1. The largest absolute Gasteiger partial charge is 0.417 e. The van der Waals surface area contributed by atoms with Crippen molar-refractivity contribution in [1.29, 1.82) is 0 Å². The Balaban J connectivity index is 1.53. The van der Waals surface area contributed by atoms with Gasteiger partial charge in [-0.1, -0.05) is 6.07 Å². The molecule has 2 aliphatic heterocycles. The molecule has 0 unspecified atom stereocenters. The molecule has 0 radical (unpaired) electrons. The Kier molecular flexibility index (Phi) is 6.73. The Morgan fingerprint density at radius 2 is 1.86 bits per heavy atom. The quantitative estimate of drug-likeness (QED) is 0.351. The van der Waals surface area contributed by atoms with Crippen molar-refractivity contribution >= 4 is 16.8 Å². The van der Waals surface area contributed by atoms with Crippen LogP contribution in [-0.4, -0.2) is 61.0 Å². The summed E-state index contributed by atoms with van der Waals surface area (Å²) in [5.41, 5.74) is 1.03. The predicted molar refractivity (Wildman–Crippen MR) is 126 cm³/mol. The van der Waals surface area contributed by atoms with Gasteiger partial charge in [0.1, 0.15) is 11.6 Å². The van der Waals surface area contributed by atoms with Gasteiger partial charge in [-0.2, -0.15) is 13.2 Å². The van der Waals surface area contributed by atoms with Gasteiger partial charge in [0.05, 0.1) is 24.8 Å². The Labute approximate surface area is 208 Å². The van der Waals surface area contributed by atoms with Gasteiger partial charge in [0.2, 0.25) is 0 Å². The van der Waals surface area contributed by atoms with Crippen LogP contribution in [-0.2, 0) is 6.42 Å². The third kappa shape index (κ3) is 4.96. The Morgan fingerprint density at radius 3 is 2.51 bits per heavy atom. The lowest BCUT2D eigenvalue weighted by molar-refractivity contribution is -0.155. The van der Waals surface area contributed by atoms with Crippen LogP contribution >= 0.6 is 0 Å². The van der Waals surface area contributed by atoms with E-state index in [1.165, 1.54) is 12.1 Å². The zero-order chi connectivity index (χ0) is 26.5. The number of alkyl halides is 4. The molecule has 1 fully saturated rings. The van der Waals surface area contributed by atoms with Gasteiger partial charge in [-0.15, -0.1) is 0 Å². The van der Waals surface area contributed by atoms with Gasteiger partial charge in [-0.3, -0.25) is 14.3 Å². The zero-order valence-corrected chi connectivity index (χ0v) is 20.0. The molecule has 2 N–H and O–H groups in total. The van der Waals surface area contributed by atoms with E-state index in [4.69, 9.17) is 4.42 Å². The summed E-state index contributed by atoms with van der Waals surface area (Å²) < 4.78 is 89.5. The van der Waals surface area contributed by atoms with E-state index >= 15 is 8.78 Å². The highest BCUT2D eigenvalue weighted by Gasteiger charge is 2.43. The van der Waals surface area contributed by atoms with E-state index in [-0.39, 0.29) is 29.3 Å². The number of hydrogen-bond donors (Lipinski definition) is 2. The summed E-state index contributed by atoms with van der Waals surface area (Å²) in [6, 6.07) is 3.14. The Bertz CT molecular complexity index is 1320. The second kappa shape index (κ2) is 9.71. The summed E-state index contributed by atoms with van der Waals surface area (Å²) in [5, 5.41) is 3.16. The second-order valence-electron chi connectivity index (χ2n) is 9.69. The molecule has 0 aliphatic carbocycles. The molecule has 3 heterocycles. The topological polar surface area (TPSA) is 64.5 Å². The molecule has 1 aromatic heterocycles. The summed E-state index contributed by atoms with van der Waals surface area (Å²) in [7, 11) is 0. The van der Waals surface area contributed by atoms with Crippen LogP contribution in [0, 0.1) is 11.6 Å². The van der Waals surface area contributed by atoms with Crippen LogP contribution in [0.2, 0.25) is 0 Å². The summed E-state index contributed by atoms with van der Waals surface area (Å²) in [6.45, 7) is 1.19. The normalized spacial score (nSPS) is 20.9. The summed E-state index contributed by atoms with van der Waals surface area (Å²) in [5.74, 6) is -2.65. The van der Waals surface area contributed by atoms with E-state index in [1.54, 1.807) is 11.8 Å². The highest BCUT2D eigenvalue weighted by atomic mass is 19.4. The van der Waals surface area contributed by atoms with Crippen molar-refractivity contribution in [3.05, 3.63) is 63.1 Å². The van der Waals surface area contributed by atoms with Gasteiger partial charge >= 0.3 is 11.9 Å². The van der Waals surface area contributed by atoms with Gasteiger partial charge < -0.3 is 14.6 Å². The summed E-state index contributed by atoms with van der Waals surface area (Å²) in [4.78, 5) is 17.1. The minimum Gasteiger partial charge on any atom is -0.408 e. The second-order valence-corrected chi connectivity index (χ2v) is 9.69. The maximum absolute atomic E-state index is 15.6. The average molecular weight is 528 g/mol. The molecule has 1 saturated heterocycles. The number of oxazole rings is 1. The lowest BCUT2D eigenvalue weighted by atomic mass is 9.84. The molecule has 5 rings (SSSR count). The standard InChI is InChI=1S/C25H26F6N4O2/c1-13-7-17-16(3-4-20-23(17)37-24(36)33-20)22(35(13)12-25(29,30)31)21-18(27)8-15(9-19(21)28)34-10-14(11-34)32-6-2-5-26/h3-4,8-9,13-14,22,32H,2,5-7,10-12H2,1H3,(H,33,36)/t13-,22+/m1/s1. The van der Waals surface area contributed by atoms with E-state index in [9.17, 15) is 22.4 Å².